The molecule has 9 nitrogen and oxygen atoms in total. The first kappa shape index (κ1) is 23.5. The van der Waals surface area contributed by atoms with Crippen LogP contribution < -0.4 is 15.4 Å². The SMILES string of the molecule is Cc1c(CN2CCN(c3cnccn3)CC2c2ccc(OCC(N)=O)cc2)cnn1C.Cl. The molecule has 0 bridgehead atoms. The lowest BCUT2D eigenvalue weighted by Crippen LogP contribution is -2.48. The Balaban J connectivity index is 0.00000289. The Kier molecular flexibility index (Phi) is 7.66. The van der Waals surface area contributed by atoms with Crippen LogP contribution in [0.4, 0.5) is 5.82 Å². The van der Waals surface area contributed by atoms with Gasteiger partial charge in [0, 0.05) is 56.9 Å². The van der Waals surface area contributed by atoms with Gasteiger partial charge in [-0.05, 0) is 24.6 Å². The predicted octanol–water partition coefficient (Wildman–Crippen LogP) is 1.87. The molecule has 2 aromatic heterocycles. The number of primary amides is 1. The van der Waals surface area contributed by atoms with Crippen LogP contribution in [0, 0.1) is 6.92 Å². The molecule has 170 valence electrons. The average Bonchev–Trinajstić information content (AvgIpc) is 3.11. The van der Waals surface area contributed by atoms with E-state index in [0.717, 1.165) is 32.0 Å². The number of carbonyl (C=O) groups excluding carboxylic acids is 1. The van der Waals surface area contributed by atoms with Crippen molar-refractivity contribution in [3.63, 3.8) is 0 Å². The first-order chi connectivity index (χ1) is 15.0. The number of aryl methyl sites for hydroxylation is 1. The van der Waals surface area contributed by atoms with Crippen LogP contribution in [-0.2, 0) is 18.4 Å². The van der Waals surface area contributed by atoms with E-state index in [4.69, 9.17) is 10.5 Å². The third-order valence-electron chi connectivity index (χ3n) is 5.72. The zero-order valence-corrected chi connectivity index (χ0v) is 19.0. The molecule has 1 aliphatic heterocycles. The molecule has 1 amide bonds. The van der Waals surface area contributed by atoms with Gasteiger partial charge in [-0.25, -0.2) is 4.98 Å². The van der Waals surface area contributed by atoms with E-state index in [9.17, 15) is 4.79 Å². The number of halogens is 1. The summed E-state index contributed by atoms with van der Waals surface area (Å²) in [6, 6.07) is 8.01. The van der Waals surface area contributed by atoms with Crippen LogP contribution >= 0.6 is 12.4 Å². The third-order valence-corrected chi connectivity index (χ3v) is 5.72. The number of rotatable bonds is 7. The highest BCUT2D eigenvalue weighted by Gasteiger charge is 2.29. The van der Waals surface area contributed by atoms with E-state index in [-0.39, 0.29) is 25.1 Å². The maximum Gasteiger partial charge on any atom is 0.255 e. The fourth-order valence-electron chi connectivity index (χ4n) is 3.85. The average molecular weight is 458 g/mol. The lowest BCUT2D eigenvalue weighted by Gasteiger charge is -2.42. The summed E-state index contributed by atoms with van der Waals surface area (Å²) >= 11 is 0. The van der Waals surface area contributed by atoms with Gasteiger partial charge in [0.25, 0.3) is 5.91 Å². The molecule has 0 radical (unpaired) electrons. The quantitative estimate of drug-likeness (QED) is 0.577. The zero-order valence-electron chi connectivity index (χ0n) is 18.2. The maximum absolute atomic E-state index is 11.0. The van der Waals surface area contributed by atoms with E-state index in [0.29, 0.717) is 5.75 Å². The summed E-state index contributed by atoms with van der Waals surface area (Å²) in [5.74, 6) is 1.01. The second kappa shape index (κ2) is 10.4. The summed E-state index contributed by atoms with van der Waals surface area (Å²) in [6.07, 6.45) is 7.16. The van der Waals surface area contributed by atoms with Crippen LogP contribution in [0.3, 0.4) is 0 Å². The molecule has 3 aromatic rings. The first-order valence-corrected chi connectivity index (χ1v) is 10.2. The monoisotopic (exact) mass is 457 g/mol. The molecule has 0 saturated carbocycles. The van der Waals surface area contributed by atoms with Gasteiger partial charge in [-0.15, -0.1) is 12.4 Å². The summed E-state index contributed by atoms with van der Waals surface area (Å²) < 4.78 is 7.32. The third kappa shape index (κ3) is 5.35. The number of amides is 1. The van der Waals surface area contributed by atoms with Crippen LogP contribution in [0.1, 0.15) is 22.9 Å². The van der Waals surface area contributed by atoms with Crippen molar-refractivity contribution in [2.45, 2.75) is 19.5 Å². The second-order valence-corrected chi connectivity index (χ2v) is 7.70. The van der Waals surface area contributed by atoms with Crippen molar-refractivity contribution in [1.82, 2.24) is 24.6 Å². The van der Waals surface area contributed by atoms with Crippen molar-refractivity contribution in [3.05, 3.63) is 65.9 Å². The van der Waals surface area contributed by atoms with Gasteiger partial charge in [0.2, 0.25) is 0 Å². The first-order valence-electron chi connectivity index (χ1n) is 10.2. The van der Waals surface area contributed by atoms with Gasteiger partial charge in [-0.3, -0.25) is 19.4 Å². The van der Waals surface area contributed by atoms with Gasteiger partial charge in [0.1, 0.15) is 11.6 Å². The molecular formula is C22H28ClN7O2. The summed E-state index contributed by atoms with van der Waals surface area (Å²) in [5, 5.41) is 4.40. The van der Waals surface area contributed by atoms with Crippen LogP contribution in [0.2, 0.25) is 0 Å². The number of hydrogen-bond donors (Lipinski definition) is 1. The Morgan fingerprint density at radius 1 is 1.19 bits per heavy atom. The molecule has 1 saturated heterocycles. The fourth-order valence-corrected chi connectivity index (χ4v) is 3.85. The van der Waals surface area contributed by atoms with Crippen molar-refractivity contribution in [2.75, 3.05) is 31.1 Å². The fraction of sp³-hybridized carbons (Fsp3) is 0.364. The topological polar surface area (TPSA) is 102 Å². The van der Waals surface area contributed by atoms with Crippen molar-refractivity contribution in [2.24, 2.45) is 12.8 Å². The zero-order chi connectivity index (χ0) is 21.8. The van der Waals surface area contributed by atoms with Crippen LogP contribution in [0.25, 0.3) is 0 Å². The van der Waals surface area contributed by atoms with Crippen LogP contribution in [0.15, 0.2) is 49.1 Å². The molecule has 10 heteroatoms. The van der Waals surface area contributed by atoms with Gasteiger partial charge in [-0.1, -0.05) is 12.1 Å². The number of aromatic nitrogens is 4. The predicted molar refractivity (Wildman–Crippen MR) is 124 cm³/mol. The molecule has 32 heavy (non-hydrogen) atoms. The van der Waals surface area contributed by atoms with Crippen LogP contribution in [-0.4, -0.2) is 56.8 Å². The van der Waals surface area contributed by atoms with Crippen molar-refractivity contribution < 1.29 is 9.53 Å². The number of benzene rings is 1. The van der Waals surface area contributed by atoms with E-state index in [1.807, 2.05) is 42.2 Å². The minimum absolute atomic E-state index is 0. The van der Waals surface area contributed by atoms with E-state index in [2.05, 4.69) is 31.8 Å². The Morgan fingerprint density at radius 3 is 2.59 bits per heavy atom. The van der Waals surface area contributed by atoms with Gasteiger partial charge >= 0.3 is 0 Å². The molecule has 1 unspecified atom stereocenters. The molecule has 3 heterocycles. The lowest BCUT2D eigenvalue weighted by molar-refractivity contribution is -0.119. The van der Waals surface area contributed by atoms with Crippen molar-refractivity contribution >= 4 is 24.1 Å². The minimum atomic E-state index is -0.492. The number of nitrogens with zero attached hydrogens (tertiary/aromatic N) is 6. The number of carbonyl (C=O) groups is 1. The second-order valence-electron chi connectivity index (χ2n) is 7.70. The molecule has 0 aliphatic carbocycles. The highest BCUT2D eigenvalue weighted by molar-refractivity contribution is 5.85. The van der Waals surface area contributed by atoms with Crippen molar-refractivity contribution in [3.8, 4) is 5.75 Å². The number of anilines is 1. The van der Waals surface area contributed by atoms with Gasteiger partial charge < -0.3 is 15.4 Å². The summed E-state index contributed by atoms with van der Waals surface area (Å²) in [6.45, 7) is 5.33. The molecule has 2 N–H and O–H groups in total. The standard InChI is InChI=1S/C22H27N7O2.ClH/c1-16-18(11-26-27(16)2)13-28-9-10-29(22-12-24-7-8-25-22)14-20(28)17-3-5-19(6-4-17)31-15-21(23)30;/h3-8,11-12,20H,9-10,13-15H2,1-2H3,(H2,23,30);1H. The molecule has 1 aromatic carbocycles. The van der Waals surface area contributed by atoms with Crippen LogP contribution in [0.5, 0.6) is 5.75 Å². The Bertz CT molecular complexity index is 1030. The van der Waals surface area contributed by atoms with Gasteiger partial charge in [0.15, 0.2) is 6.61 Å². The molecule has 4 rings (SSSR count). The minimum Gasteiger partial charge on any atom is -0.484 e. The number of hydrogen-bond acceptors (Lipinski definition) is 7. The summed E-state index contributed by atoms with van der Waals surface area (Å²) in [5.41, 5.74) is 8.73. The summed E-state index contributed by atoms with van der Waals surface area (Å²) in [4.78, 5) is 24.4. The lowest BCUT2D eigenvalue weighted by atomic mass is 10.0. The number of nitrogens with two attached hydrogens (primary N) is 1. The molecule has 0 spiro atoms. The number of ether oxygens (including phenoxy) is 1. The molecule has 1 fully saturated rings. The normalized spacial score (nSPS) is 16.4. The van der Waals surface area contributed by atoms with E-state index in [1.54, 1.807) is 18.6 Å². The van der Waals surface area contributed by atoms with E-state index in [1.165, 1.54) is 16.8 Å². The van der Waals surface area contributed by atoms with Crippen molar-refractivity contribution in [1.29, 1.82) is 0 Å². The summed E-state index contributed by atoms with van der Waals surface area (Å²) in [7, 11) is 1.97. The highest BCUT2D eigenvalue weighted by Crippen LogP contribution is 2.30. The van der Waals surface area contributed by atoms with Gasteiger partial charge in [0.05, 0.1) is 18.4 Å². The highest BCUT2D eigenvalue weighted by atomic mass is 35.5. The molecule has 1 aliphatic rings. The van der Waals surface area contributed by atoms with Gasteiger partial charge in [-0.2, -0.15) is 5.10 Å². The Hall–Kier alpha value is -3.17. The van der Waals surface area contributed by atoms with E-state index >= 15 is 0 Å². The number of piperazine rings is 1. The largest absolute Gasteiger partial charge is 0.484 e. The Labute approximate surface area is 193 Å². The maximum atomic E-state index is 11.0. The smallest absolute Gasteiger partial charge is 0.255 e. The Morgan fingerprint density at radius 2 is 1.97 bits per heavy atom. The molecule has 1 atom stereocenters. The molecular weight excluding hydrogens is 430 g/mol. The van der Waals surface area contributed by atoms with E-state index < -0.39 is 5.91 Å².